The molecule has 0 saturated carbocycles. The lowest BCUT2D eigenvalue weighted by atomic mass is 9.90. The summed E-state index contributed by atoms with van der Waals surface area (Å²) in [6, 6.07) is 1.30. The van der Waals surface area contributed by atoms with Gasteiger partial charge in [0.1, 0.15) is 18.6 Å². The number of alkyl halides is 1. The number of hydrogen-bond acceptors (Lipinski definition) is 9. The monoisotopic (exact) mass is 344 g/mol. The Morgan fingerprint density at radius 1 is 1.54 bits per heavy atom. The first-order chi connectivity index (χ1) is 11.0. The number of anilines is 1. The van der Waals surface area contributed by atoms with Crippen molar-refractivity contribution in [2.24, 2.45) is 5.73 Å². The first-order valence-corrected chi connectivity index (χ1v) is 6.73. The number of hydrogen-bond donors (Lipinski definition) is 6. The third kappa shape index (κ3) is 2.98. The Hall–Kier alpha value is -2.07. The second-order valence-corrected chi connectivity index (χ2v) is 5.38. The van der Waals surface area contributed by atoms with Crippen LogP contribution in [-0.2, 0) is 4.74 Å². The van der Waals surface area contributed by atoms with Gasteiger partial charge in [0, 0.05) is 5.69 Å². The number of aryl methyl sites for hydroxylation is 1. The summed E-state index contributed by atoms with van der Waals surface area (Å²) in [6.07, 6.45) is -5.60. The summed E-state index contributed by atoms with van der Waals surface area (Å²) in [5.41, 5.74) is 8.57. The molecule has 0 spiro atoms. The SMILES string of the molecule is Cc1cc(N)nc(=O)n1C1OC(C(O)(O)O)[C@H](O)C1(N)C#CCF. The van der Waals surface area contributed by atoms with Crippen molar-refractivity contribution in [2.75, 3.05) is 12.4 Å². The zero-order valence-corrected chi connectivity index (χ0v) is 12.5. The van der Waals surface area contributed by atoms with Crippen LogP contribution in [0.15, 0.2) is 10.9 Å². The van der Waals surface area contributed by atoms with Crippen LogP contribution in [-0.4, -0.2) is 60.4 Å². The number of nitrogen functional groups attached to an aromatic ring is 1. The highest BCUT2D eigenvalue weighted by atomic mass is 19.1. The van der Waals surface area contributed by atoms with Crippen molar-refractivity contribution < 1.29 is 29.6 Å². The molecule has 1 fully saturated rings. The normalized spacial score (nSPS) is 30.0. The Balaban J connectivity index is 2.64. The molecule has 2 rings (SSSR count). The Morgan fingerprint density at radius 2 is 2.17 bits per heavy atom. The van der Waals surface area contributed by atoms with E-state index in [-0.39, 0.29) is 11.5 Å². The Bertz CT molecular complexity index is 752. The third-order valence-electron chi connectivity index (χ3n) is 3.62. The van der Waals surface area contributed by atoms with Gasteiger partial charge in [-0.15, -0.1) is 0 Å². The zero-order valence-electron chi connectivity index (χ0n) is 12.5. The molecule has 0 amide bonds. The molecule has 1 aromatic rings. The molecule has 0 aliphatic carbocycles. The van der Waals surface area contributed by atoms with Crippen LogP contribution in [0.4, 0.5) is 10.2 Å². The number of nitrogens with two attached hydrogens (primary N) is 2. The highest BCUT2D eigenvalue weighted by Crippen LogP contribution is 2.39. The van der Waals surface area contributed by atoms with E-state index < -0.39 is 42.3 Å². The number of halogens is 1. The molecule has 1 aliphatic rings. The van der Waals surface area contributed by atoms with E-state index in [1.165, 1.54) is 13.0 Å². The van der Waals surface area contributed by atoms with Crippen molar-refractivity contribution in [1.82, 2.24) is 9.55 Å². The molecule has 10 nitrogen and oxygen atoms in total. The molecule has 4 atom stereocenters. The van der Waals surface area contributed by atoms with Gasteiger partial charge in [-0.1, -0.05) is 11.8 Å². The summed E-state index contributed by atoms with van der Waals surface area (Å²) < 4.78 is 18.4. The minimum Gasteiger partial charge on any atom is -0.387 e. The largest absolute Gasteiger partial charge is 0.387 e. The maximum atomic E-state index is 12.4. The van der Waals surface area contributed by atoms with Crippen molar-refractivity contribution in [3.8, 4) is 11.8 Å². The molecular weight excluding hydrogens is 327 g/mol. The van der Waals surface area contributed by atoms with Crippen LogP contribution >= 0.6 is 0 Å². The maximum absolute atomic E-state index is 12.4. The first kappa shape index (κ1) is 18.3. The quantitative estimate of drug-likeness (QED) is 0.237. The van der Waals surface area contributed by atoms with Crippen LogP contribution in [0.2, 0.25) is 0 Å². The van der Waals surface area contributed by atoms with Crippen molar-refractivity contribution in [1.29, 1.82) is 0 Å². The van der Waals surface area contributed by atoms with Gasteiger partial charge in [-0.3, -0.25) is 4.57 Å². The van der Waals surface area contributed by atoms with Gasteiger partial charge in [0.15, 0.2) is 17.9 Å². The summed E-state index contributed by atoms with van der Waals surface area (Å²) in [5.74, 6) is 0.640. The van der Waals surface area contributed by atoms with E-state index in [0.717, 1.165) is 4.57 Å². The van der Waals surface area contributed by atoms with E-state index in [0.29, 0.717) is 0 Å². The summed E-state index contributed by atoms with van der Waals surface area (Å²) >= 11 is 0. The Labute approximate surface area is 135 Å². The van der Waals surface area contributed by atoms with Crippen molar-refractivity contribution in [3.05, 3.63) is 22.2 Å². The molecule has 3 unspecified atom stereocenters. The van der Waals surface area contributed by atoms with Crippen molar-refractivity contribution >= 4 is 5.82 Å². The summed E-state index contributed by atoms with van der Waals surface area (Å²) in [6.45, 7) is 0.342. The van der Waals surface area contributed by atoms with E-state index in [9.17, 15) is 29.6 Å². The fourth-order valence-electron chi connectivity index (χ4n) is 2.54. The molecule has 1 saturated heterocycles. The average molecular weight is 344 g/mol. The number of aromatic nitrogens is 2. The molecule has 1 aromatic heterocycles. The molecule has 0 bridgehead atoms. The fourth-order valence-corrected chi connectivity index (χ4v) is 2.54. The lowest BCUT2D eigenvalue weighted by Crippen LogP contribution is -2.58. The van der Waals surface area contributed by atoms with E-state index in [1.807, 2.05) is 5.92 Å². The summed E-state index contributed by atoms with van der Waals surface area (Å²) in [5, 5.41) is 38.2. The van der Waals surface area contributed by atoms with Crippen LogP contribution in [0.25, 0.3) is 0 Å². The maximum Gasteiger partial charge on any atom is 0.351 e. The van der Waals surface area contributed by atoms with Gasteiger partial charge >= 0.3 is 11.7 Å². The number of nitrogens with zero attached hydrogens (tertiary/aromatic N) is 2. The Kier molecular flexibility index (Phi) is 4.64. The number of aliphatic hydroxyl groups is 4. The summed E-state index contributed by atoms with van der Waals surface area (Å²) in [4.78, 5) is 15.6. The Morgan fingerprint density at radius 3 is 2.67 bits per heavy atom. The minimum absolute atomic E-state index is 0.0814. The van der Waals surface area contributed by atoms with E-state index in [2.05, 4.69) is 10.9 Å². The average Bonchev–Trinajstić information content (AvgIpc) is 2.69. The predicted octanol–water partition coefficient (Wildman–Crippen LogP) is -3.31. The number of rotatable bonds is 2. The lowest BCUT2D eigenvalue weighted by molar-refractivity contribution is -0.368. The third-order valence-corrected chi connectivity index (χ3v) is 3.62. The van der Waals surface area contributed by atoms with Gasteiger partial charge in [-0.05, 0) is 13.0 Å². The van der Waals surface area contributed by atoms with Crippen LogP contribution in [0.1, 0.15) is 11.9 Å². The van der Waals surface area contributed by atoms with Gasteiger partial charge in [0.25, 0.3) is 0 Å². The van der Waals surface area contributed by atoms with E-state index in [4.69, 9.17) is 16.2 Å². The molecule has 24 heavy (non-hydrogen) atoms. The van der Waals surface area contributed by atoms with Crippen molar-refractivity contribution in [3.63, 3.8) is 0 Å². The molecule has 2 heterocycles. The molecule has 8 N–H and O–H groups in total. The second kappa shape index (κ2) is 6.10. The van der Waals surface area contributed by atoms with Gasteiger partial charge < -0.3 is 36.6 Å². The van der Waals surface area contributed by atoms with Crippen LogP contribution in [0, 0.1) is 18.8 Å². The van der Waals surface area contributed by atoms with E-state index in [1.54, 1.807) is 0 Å². The molecular formula is C13H17FN4O6. The molecule has 0 aromatic carbocycles. The highest BCUT2D eigenvalue weighted by Gasteiger charge is 2.60. The number of aliphatic hydroxyl groups excluding tert-OH is 1. The first-order valence-electron chi connectivity index (χ1n) is 6.73. The van der Waals surface area contributed by atoms with Crippen LogP contribution in [0.3, 0.4) is 0 Å². The molecule has 11 heteroatoms. The standard InChI is InChI=1S/C13H17FN4O6/c1-6-5-7(15)17-11(20)18(6)10-12(16,3-2-4-14)8(19)9(24-10)13(21,22)23/h5,8-10,19,21-23H,4,16H2,1H3,(H2,15,17,20)/t8-,9?,10?,12?/m0/s1. The molecule has 132 valence electrons. The topological polar surface area (TPSA) is 177 Å². The molecule has 0 radical (unpaired) electrons. The zero-order chi connectivity index (χ0) is 18.3. The lowest BCUT2D eigenvalue weighted by Gasteiger charge is -2.29. The minimum atomic E-state index is -3.48. The van der Waals surface area contributed by atoms with Crippen molar-refractivity contribution in [2.45, 2.75) is 36.9 Å². The summed E-state index contributed by atoms with van der Waals surface area (Å²) in [7, 11) is 0. The van der Waals surface area contributed by atoms with Crippen LogP contribution in [0.5, 0.6) is 0 Å². The molecule has 1 aliphatic heterocycles. The van der Waals surface area contributed by atoms with Gasteiger partial charge in [-0.25, -0.2) is 9.18 Å². The fraction of sp³-hybridized carbons (Fsp3) is 0.538. The predicted molar refractivity (Wildman–Crippen MR) is 77.6 cm³/mol. The smallest absolute Gasteiger partial charge is 0.351 e. The number of ether oxygens (including phenoxy) is 1. The van der Waals surface area contributed by atoms with Gasteiger partial charge in [0.05, 0.1) is 0 Å². The van der Waals surface area contributed by atoms with Crippen LogP contribution < -0.4 is 17.2 Å². The van der Waals surface area contributed by atoms with E-state index >= 15 is 0 Å². The van der Waals surface area contributed by atoms with Gasteiger partial charge in [-0.2, -0.15) is 4.98 Å². The van der Waals surface area contributed by atoms with Gasteiger partial charge in [0.2, 0.25) is 0 Å². The second-order valence-electron chi connectivity index (χ2n) is 5.38. The highest BCUT2D eigenvalue weighted by molar-refractivity contribution is 5.31.